The molecule has 0 spiro atoms. The molecule has 0 bridgehead atoms. The molecule has 8 heteroatoms. The molecule has 2 aromatic rings. The summed E-state index contributed by atoms with van der Waals surface area (Å²) in [4.78, 5) is 12.5. The third kappa shape index (κ3) is 3.11. The second-order valence-electron chi connectivity index (χ2n) is 6.10. The van der Waals surface area contributed by atoms with Gasteiger partial charge in [0.05, 0.1) is 11.5 Å². The van der Waals surface area contributed by atoms with Crippen LogP contribution in [-0.4, -0.2) is 31.8 Å². The summed E-state index contributed by atoms with van der Waals surface area (Å²) in [7, 11) is -3.88. The lowest BCUT2D eigenvalue weighted by Crippen LogP contribution is -2.41. The van der Waals surface area contributed by atoms with E-state index in [4.69, 9.17) is 33.7 Å². The number of carbonyl (C=O) groups excluding carboxylic acids is 1. The fourth-order valence-corrected chi connectivity index (χ4v) is 5.68. The van der Waals surface area contributed by atoms with Crippen molar-refractivity contribution < 1.29 is 17.9 Å². The van der Waals surface area contributed by atoms with Crippen LogP contribution in [0.2, 0.25) is 10.0 Å². The van der Waals surface area contributed by atoms with Gasteiger partial charge in [0.25, 0.3) is 0 Å². The van der Waals surface area contributed by atoms with Gasteiger partial charge in [-0.25, -0.2) is 13.2 Å². The SMILES string of the molecule is CCOC(=O)[C@@]1(N)[C@H](c2ccc(Cl)cc2)[C@@H]1S(=O)(=O)c1ccc(Cl)cc1. The number of nitrogens with two attached hydrogens (primary N) is 1. The van der Waals surface area contributed by atoms with Gasteiger partial charge in [0.1, 0.15) is 10.8 Å². The van der Waals surface area contributed by atoms with E-state index >= 15 is 0 Å². The van der Waals surface area contributed by atoms with Gasteiger partial charge in [0, 0.05) is 16.0 Å². The summed E-state index contributed by atoms with van der Waals surface area (Å²) in [5.41, 5.74) is 5.24. The first kappa shape index (κ1) is 19.2. The Bertz CT molecular complexity index is 929. The van der Waals surface area contributed by atoms with E-state index in [2.05, 4.69) is 0 Å². The molecule has 1 aliphatic rings. The fourth-order valence-electron chi connectivity index (χ4n) is 3.20. The predicted octanol–water partition coefficient (Wildman–Crippen LogP) is 3.19. The Hall–Kier alpha value is -1.60. The van der Waals surface area contributed by atoms with E-state index in [1.54, 1.807) is 31.2 Å². The topological polar surface area (TPSA) is 86.5 Å². The van der Waals surface area contributed by atoms with E-state index in [9.17, 15) is 13.2 Å². The van der Waals surface area contributed by atoms with Gasteiger partial charge in [-0.1, -0.05) is 35.3 Å². The molecule has 3 rings (SSSR count). The van der Waals surface area contributed by atoms with Crippen LogP contribution < -0.4 is 5.73 Å². The van der Waals surface area contributed by atoms with Crippen molar-refractivity contribution in [1.29, 1.82) is 0 Å². The number of ether oxygens (including phenoxy) is 1. The fraction of sp³-hybridized carbons (Fsp3) is 0.278. The van der Waals surface area contributed by atoms with E-state index in [0.29, 0.717) is 15.6 Å². The smallest absolute Gasteiger partial charge is 0.328 e. The zero-order chi connectivity index (χ0) is 19.1. The van der Waals surface area contributed by atoms with Crippen molar-refractivity contribution in [2.45, 2.75) is 28.5 Å². The third-order valence-electron chi connectivity index (χ3n) is 4.51. The minimum absolute atomic E-state index is 0.0579. The van der Waals surface area contributed by atoms with Crippen LogP contribution in [0.4, 0.5) is 0 Å². The van der Waals surface area contributed by atoms with Crippen LogP contribution in [0.25, 0.3) is 0 Å². The summed E-state index contributed by atoms with van der Waals surface area (Å²) in [6, 6.07) is 12.4. The molecule has 0 aromatic heterocycles. The zero-order valence-electron chi connectivity index (χ0n) is 13.9. The maximum absolute atomic E-state index is 13.1. The van der Waals surface area contributed by atoms with Crippen LogP contribution in [0.15, 0.2) is 53.4 Å². The second kappa shape index (κ2) is 6.85. The Morgan fingerprint density at radius 3 is 2.08 bits per heavy atom. The van der Waals surface area contributed by atoms with Crippen LogP contribution in [0.3, 0.4) is 0 Å². The number of sulfone groups is 1. The number of hydrogen-bond donors (Lipinski definition) is 1. The van der Waals surface area contributed by atoms with Crippen molar-refractivity contribution in [3.63, 3.8) is 0 Å². The lowest BCUT2D eigenvalue weighted by molar-refractivity contribution is -0.145. The number of benzene rings is 2. The summed E-state index contributed by atoms with van der Waals surface area (Å²) in [6.45, 7) is 1.75. The molecule has 2 aromatic carbocycles. The number of hydrogen-bond acceptors (Lipinski definition) is 5. The van der Waals surface area contributed by atoms with E-state index in [-0.39, 0.29) is 11.5 Å². The highest BCUT2D eigenvalue weighted by Crippen LogP contribution is 2.56. The Labute approximate surface area is 162 Å². The van der Waals surface area contributed by atoms with Crippen molar-refractivity contribution in [3.05, 3.63) is 64.1 Å². The van der Waals surface area contributed by atoms with Gasteiger partial charge in [-0.3, -0.25) is 0 Å². The molecule has 2 N–H and O–H groups in total. The van der Waals surface area contributed by atoms with Crippen molar-refractivity contribution in [2.75, 3.05) is 6.61 Å². The van der Waals surface area contributed by atoms with Gasteiger partial charge >= 0.3 is 5.97 Å². The standard InChI is InChI=1S/C18H17Cl2NO4S/c1-2-25-17(22)18(21)15(11-3-5-12(19)6-4-11)16(18)26(23,24)14-9-7-13(20)8-10-14/h3-10,15-16H,2,21H2,1H3/t15-,16+,18-/m1/s1. The highest BCUT2D eigenvalue weighted by Gasteiger charge is 2.74. The van der Waals surface area contributed by atoms with Gasteiger partial charge in [-0.2, -0.15) is 0 Å². The van der Waals surface area contributed by atoms with Crippen LogP contribution in [0, 0.1) is 0 Å². The monoisotopic (exact) mass is 413 g/mol. The predicted molar refractivity (Wildman–Crippen MR) is 100 cm³/mol. The lowest BCUT2D eigenvalue weighted by Gasteiger charge is -2.11. The largest absolute Gasteiger partial charge is 0.465 e. The third-order valence-corrected chi connectivity index (χ3v) is 7.28. The van der Waals surface area contributed by atoms with Crippen molar-refractivity contribution in [3.8, 4) is 0 Å². The van der Waals surface area contributed by atoms with E-state index in [1.807, 2.05) is 0 Å². The number of carbonyl (C=O) groups is 1. The Morgan fingerprint density at radius 1 is 1.08 bits per heavy atom. The van der Waals surface area contributed by atoms with Crippen LogP contribution >= 0.6 is 23.2 Å². The van der Waals surface area contributed by atoms with Gasteiger partial charge in [0.2, 0.25) is 0 Å². The number of rotatable bonds is 5. The molecule has 1 saturated carbocycles. The summed E-state index contributed by atoms with van der Waals surface area (Å²) in [5, 5.41) is -0.208. The summed E-state index contributed by atoms with van der Waals surface area (Å²) < 4.78 is 31.3. The summed E-state index contributed by atoms with van der Waals surface area (Å²) >= 11 is 11.7. The van der Waals surface area contributed by atoms with E-state index in [1.165, 1.54) is 24.3 Å². The molecule has 1 fully saturated rings. The van der Waals surface area contributed by atoms with Crippen LogP contribution in [-0.2, 0) is 19.4 Å². The van der Waals surface area contributed by atoms with Crippen LogP contribution in [0.1, 0.15) is 18.4 Å². The zero-order valence-corrected chi connectivity index (χ0v) is 16.2. The van der Waals surface area contributed by atoms with Crippen molar-refractivity contribution >= 4 is 39.0 Å². The van der Waals surface area contributed by atoms with Crippen molar-refractivity contribution in [1.82, 2.24) is 0 Å². The average molecular weight is 414 g/mol. The second-order valence-corrected chi connectivity index (χ2v) is 9.04. The molecule has 0 radical (unpaired) electrons. The molecule has 5 nitrogen and oxygen atoms in total. The minimum atomic E-state index is -3.88. The Kier molecular flexibility index (Phi) is 5.05. The van der Waals surface area contributed by atoms with E-state index < -0.39 is 32.5 Å². The molecule has 0 saturated heterocycles. The molecular formula is C18H17Cl2NO4S. The average Bonchev–Trinajstić information content (AvgIpc) is 3.25. The quantitative estimate of drug-likeness (QED) is 0.760. The highest BCUT2D eigenvalue weighted by molar-refractivity contribution is 7.92. The maximum Gasteiger partial charge on any atom is 0.328 e. The van der Waals surface area contributed by atoms with E-state index in [0.717, 1.165) is 0 Å². The summed E-state index contributed by atoms with van der Waals surface area (Å²) in [5.74, 6) is -1.46. The van der Waals surface area contributed by atoms with Gasteiger partial charge < -0.3 is 10.5 Å². The molecule has 0 unspecified atom stereocenters. The molecular weight excluding hydrogens is 397 g/mol. The number of halogens is 2. The first-order valence-electron chi connectivity index (χ1n) is 7.94. The first-order chi connectivity index (χ1) is 12.2. The maximum atomic E-state index is 13.1. The minimum Gasteiger partial charge on any atom is -0.465 e. The van der Waals surface area contributed by atoms with Gasteiger partial charge in [-0.05, 0) is 48.9 Å². The summed E-state index contributed by atoms with van der Waals surface area (Å²) in [6.07, 6.45) is 0. The molecule has 1 aliphatic carbocycles. The normalized spacial score (nSPS) is 24.9. The molecule has 3 atom stereocenters. The van der Waals surface area contributed by atoms with Crippen LogP contribution in [0.5, 0.6) is 0 Å². The molecule has 0 aliphatic heterocycles. The Morgan fingerprint density at radius 2 is 1.58 bits per heavy atom. The molecule has 0 heterocycles. The van der Waals surface area contributed by atoms with Gasteiger partial charge in [-0.15, -0.1) is 0 Å². The molecule has 26 heavy (non-hydrogen) atoms. The van der Waals surface area contributed by atoms with Gasteiger partial charge in [0.15, 0.2) is 9.84 Å². The Balaban J connectivity index is 2.06. The van der Waals surface area contributed by atoms with Crippen molar-refractivity contribution in [2.24, 2.45) is 5.73 Å². The lowest BCUT2D eigenvalue weighted by atomic mass is 10.1. The number of esters is 1. The molecule has 0 amide bonds. The highest BCUT2D eigenvalue weighted by atomic mass is 35.5. The molecule has 138 valence electrons. The first-order valence-corrected chi connectivity index (χ1v) is 10.2.